The van der Waals surface area contributed by atoms with Crippen LogP contribution in [0.4, 0.5) is 52.7 Å². The molecule has 0 aromatic rings. The fraction of sp³-hybridized carbons (Fsp3) is 0.765. The highest BCUT2D eigenvalue weighted by Gasteiger charge is 2.52. The van der Waals surface area contributed by atoms with Gasteiger partial charge in [0.05, 0.1) is 55.4 Å². The Bertz CT molecular complexity index is 984. The molecule has 2 N–H and O–H groups in total. The van der Waals surface area contributed by atoms with Crippen LogP contribution in [0.15, 0.2) is 12.7 Å². The van der Waals surface area contributed by atoms with Crippen LogP contribution in [0.1, 0.15) is 6.92 Å². The van der Waals surface area contributed by atoms with Crippen LogP contribution in [-0.4, -0.2) is 116 Å². The predicted molar refractivity (Wildman–Crippen MR) is 120 cm³/mol. The van der Waals surface area contributed by atoms with E-state index in [-0.39, 0.29) is 9.44 Å². The fourth-order valence-corrected chi connectivity index (χ4v) is 1.81. The highest BCUT2D eigenvalue weighted by molar-refractivity contribution is 7.91. The Balaban J connectivity index is -0.000000237. The van der Waals surface area contributed by atoms with E-state index in [0.717, 1.165) is 15.5 Å². The lowest BCUT2D eigenvalue weighted by molar-refractivity contribution is -0.868. The number of carbonyl (C=O) groups is 2. The summed E-state index contributed by atoms with van der Waals surface area (Å²) in [4.78, 5) is 19.6. The zero-order valence-corrected chi connectivity index (χ0v) is 24.0. The molecule has 0 rings (SSSR count). The van der Waals surface area contributed by atoms with Crippen LogP contribution < -0.4 is 9.44 Å². The average Bonchev–Trinajstić information content (AvgIpc) is 2.64. The highest BCUT2D eigenvalue weighted by Crippen LogP contribution is 2.24. The van der Waals surface area contributed by atoms with E-state index in [2.05, 4.69) is 55.8 Å². The smallest absolute Gasteiger partial charge is 0.331 e. The first-order valence-corrected chi connectivity index (χ1v) is 13.0. The van der Waals surface area contributed by atoms with E-state index in [1.165, 1.54) is 6.54 Å². The van der Waals surface area contributed by atoms with Gasteiger partial charge in [-0.2, -0.15) is 69.5 Å². The van der Waals surface area contributed by atoms with E-state index in [4.69, 9.17) is 0 Å². The second-order valence-corrected chi connectivity index (χ2v) is 12.5. The van der Waals surface area contributed by atoms with Gasteiger partial charge in [-0.25, -0.2) is 9.44 Å². The van der Waals surface area contributed by atoms with Crippen LogP contribution in [0.2, 0.25) is 0 Å². The Hall–Kier alpha value is -2.34. The van der Waals surface area contributed by atoms with Crippen molar-refractivity contribution in [1.29, 1.82) is 0 Å². The van der Waals surface area contributed by atoms with E-state index in [9.17, 15) is 79.1 Å². The molecule has 0 bridgehead atoms. The van der Waals surface area contributed by atoms with Gasteiger partial charge in [0.15, 0.2) is 0 Å². The molecule has 0 atom stereocenters. The molecule has 0 aromatic heterocycles. The van der Waals surface area contributed by atoms with Crippen LogP contribution in [0.5, 0.6) is 0 Å². The van der Waals surface area contributed by atoms with Gasteiger partial charge in [0, 0.05) is 0 Å². The van der Waals surface area contributed by atoms with Crippen LogP contribution >= 0.6 is 0 Å². The number of quaternary nitrogens is 2. The average molecular weight is 679 g/mol. The third kappa shape index (κ3) is 24.0. The first-order chi connectivity index (χ1) is 17.4. The molecule has 2 amide bonds. The van der Waals surface area contributed by atoms with E-state index in [0.29, 0.717) is 0 Å². The zero-order valence-electron chi connectivity index (χ0n) is 22.4. The van der Waals surface area contributed by atoms with Gasteiger partial charge in [-0.3, -0.25) is 9.59 Å². The van der Waals surface area contributed by atoms with Gasteiger partial charge in [-0.05, 0) is 13.0 Å². The summed E-state index contributed by atoms with van der Waals surface area (Å²) >= 11 is 0. The SMILES string of the molecule is C=CC[N+](C)(C)C.CC[N+](C)(C)C.O=C(NS(=O)(=O)C(F)(F)F)C(F)(F)F.O=C(NS(=O)(=O)C(F)(F)F)C(F)(F)F. The number of carbonyl (C=O) groups excluding carboxylic acids is 2. The molecule has 0 aromatic carbocycles. The molecule has 0 heterocycles. The van der Waals surface area contributed by atoms with Crippen molar-refractivity contribution >= 4 is 31.9 Å². The molecule has 0 aliphatic carbocycles. The maximum atomic E-state index is 11.4. The van der Waals surface area contributed by atoms with Crippen molar-refractivity contribution in [1.82, 2.24) is 9.44 Å². The second-order valence-electron chi connectivity index (χ2n) is 9.12. The normalized spacial score (nSPS) is 13.1. The van der Waals surface area contributed by atoms with Crippen LogP contribution in [0.25, 0.3) is 0 Å². The van der Waals surface area contributed by atoms with Gasteiger partial charge in [-0.1, -0.05) is 6.58 Å². The molecule has 0 radical (unpaired) electrons. The zero-order chi connectivity index (χ0) is 34.7. The molecular formula is C17H30F12N4O6S2+2. The molecule has 0 spiro atoms. The molecule has 248 valence electrons. The molecule has 0 fully saturated rings. The van der Waals surface area contributed by atoms with Gasteiger partial charge in [0.1, 0.15) is 0 Å². The Morgan fingerprint density at radius 3 is 0.927 bits per heavy atom. The van der Waals surface area contributed by atoms with E-state index < -0.39 is 55.2 Å². The van der Waals surface area contributed by atoms with Crippen molar-refractivity contribution in [3.05, 3.63) is 12.7 Å². The summed E-state index contributed by atoms with van der Waals surface area (Å²) in [5.74, 6) is -6.40. The van der Waals surface area contributed by atoms with Gasteiger partial charge in [-0.15, -0.1) is 0 Å². The molecule has 0 saturated heterocycles. The second kappa shape index (κ2) is 15.8. The lowest BCUT2D eigenvalue weighted by Crippen LogP contribution is -2.46. The number of amides is 2. The first-order valence-electron chi connectivity index (χ1n) is 10.00. The lowest BCUT2D eigenvalue weighted by atomic mass is 10.5. The molecular weight excluding hydrogens is 648 g/mol. The summed E-state index contributed by atoms with van der Waals surface area (Å²) in [6, 6.07) is 0. The first kappa shape index (κ1) is 45.6. The number of rotatable bonds is 5. The lowest BCUT2D eigenvalue weighted by Gasteiger charge is -2.21. The highest BCUT2D eigenvalue weighted by atomic mass is 32.2. The third-order valence-electron chi connectivity index (χ3n) is 3.20. The number of alkyl halides is 12. The van der Waals surface area contributed by atoms with E-state index in [1.54, 1.807) is 0 Å². The molecule has 24 heteroatoms. The number of nitrogens with one attached hydrogen (secondary N) is 2. The number of hydrogen-bond donors (Lipinski definition) is 2. The standard InChI is InChI=1S/C6H14N.C5H14N.2C3HF6NO3S/c1-5-6-7(2,3)4;1-5-6(2,3)4;2*4-2(5,6)1(11)10-14(12,13)3(7,8)9/h5H,1,6H2,2-4H3;5H2,1-4H3;2*(H,10,11)/q2*+1;;. The van der Waals surface area contributed by atoms with Crippen LogP contribution in [0, 0.1) is 0 Å². The minimum absolute atomic E-state index is 0.181. The summed E-state index contributed by atoms with van der Waals surface area (Å²) < 4.78 is 178. The Morgan fingerprint density at radius 2 is 0.854 bits per heavy atom. The topological polar surface area (TPSA) is 126 Å². The number of hydrogen-bond acceptors (Lipinski definition) is 6. The van der Waals surface area contributed by atoms with Crippen LogP contribution in [0.3, 0.4) is 0 Å². The monoisotopic (exact) mass is 678 g/mol. The van der Waals surface area contributed by atoms with Crippen molar-refractivity contribution in [2.75, 3.05) is 55.4 Å². The minimum Gasteiger partial charge on any atom is -0.331 e. The van der Waals surface area contributed by atoms with Gasteiger partial charge >= 0.3 is 55.2 Å². The Labute approximate surface area is 228 Å². The molecule has 10 nitrogen and oxygen atoms in total. The number of halogens is 12. The fourth-order valence-electron chi connectivity index (χ4n) is 0.863. The summed E-state index contributed by atoms with van der Waals surface area (Å²) in [5.41, 5.74) is -11.9. The maximum Gasteiger partial charge on any atom is 0.516 e. The van der Waals surface area contributed by atoms with Crippen LogP contribution in [-0.2, 0) is 29.6 Å². The summed E-state index contributed by atoms with van der Waals surface area (Å²) in [6.07, 6.45) is -9.46. The Kier molecular flexibility index (Phi) is 17.6. The number of nitrogens with zero attached hydrogens (tertiary/aromatic N) is 2. The van der Waals surface area contributed by atoms with E-state index >= 15 is 0 Å². The van der Waals surface area contributed by atoms with Crippen molar-refractivity contribution < 1.29 is 88.1 Å². The predicted octanol–water partition coefficient (Wildman–Crippen LogP) is 2.62. The summed E-state index contributed by atoms with van der Waals surface area (Å²) in [5, 5.41) is 0. The molecule has 0 aliphatic rings. The Morgan fingerprint density at radius 1 is 0.634 bits per heavy atom. The third-order valence-corrected chi connectivity index (χ3v) is 5.33. The number of likely N-dealkylation sites (N-methyl/N-ethyl adjacent to an activating group) is 1. The maximum absolute atomic E-state index is 11.4. The summed E-state index contributed by atoms with van der Waals surface area (Å²) in [6.45, 7) is 8.06. The van der Waals surface area contributed by atoms with Crippen molar-refractivity contribution in [3.63, 3.8) is 0 Å². The van der Waals surface area contributed by atoms with Gasteiger partial charge in [0.2, 0.25) is 0 Å². The molecule has 41 heavy (non-hydrogen) atoms. The molecule has 0 aliphatic heterocycles. The quantitative estimate of drug-likeness (QED) is 0.262. The largest absolute Gasteiger partial charge is 0.516 e. The minimum atomic E-state index is -6.30. The molecule has 0 unspecified atom stereocenters. The van der Waals surface area contributed by atoms with Gasteiger partial charge in [0.25, 0.3) is 0 Å². The van der Waals surface area contributed by atoms with Crippen molar-refractivity contribution in [3.8, 4) is 0 Å². The summed E-state index contributed by atoms with van der Waals surface area (Å²) in [7, 11) is 0.364. The number of sulfonamides is 2. The van der Waals surface area contributed by atoms with E-state index in [1.807, 2.05) is 6.08 Å². The van der Waals surface area contributed by atoms with Gasteiger partial charge < -0.3 is 8.97 Å². The molecule has 0 saturated carbocycles. The van der Waals surface area contributed by atoms with Crippen molar-refractivity contribution in [2.24, 2.45) is 0 Å². The van der Waals surface area contributed by atoms with Crippen molar-refractivity contribution in [2.45, 2.75) is 30.3 Å².